The van der Waals surface area contributed by atoms with Crippen LogP contribution in [0.3, 0.4) is 0 Å². The molecule has 0 amide bonds. The Morgan fingerprint density at radius 1 is 1.04 bits per heavy atom. The first-order valence-electron chi connectivity index (χ1n) is 6.95. The normalized spacial score (nSPS) is 10.6. The molecular weight excluding hydrogens is 358 g/mol. The molecule has 2 aromatic carbocycles. The lowest BCUT2D eigenvalue weighted by Gasteiger charge is -2.12. The fourth-order valence-electron chi connectivity index (χ4n) is 2.46. The third-order valence-electron chi connectivity index (χ3n) is 3.61. The van der Waals surface area contributed by atoms with Crippen LogP contribution in [0.15, 0.2) is 53.1 Å². The van der Waals surface area contributed by atoms with Crippen molar-refractivity contribution in [2.45, 2.75) is 0 Å². The molecule has 1 heterocycles. The van der Waals surface area contributed by atoms with Crippen molar-refractivity contribution in [2.75, 3.05) is 14.2 Å². The SMILES string of the molecule is COc1cc(Br)c(C(=O)c2nccc3ccccc23)cc1OC. The number of halogens is 1. The maximum absolute atomic E-state index is 13.0. The summed E-state index contributed by atoms with van der Waals surface area (Å²) in [7, 11) is 3.09. The Kier molecular flexibility index (Phi) is 4.30. The van der Waals surface area contributed by atoms with E-state index in [0.29, 0.717) is 27.2 Å². The van der Waals surface area contributed by atoms with Gasteiger partial charge in [-0.15, -0.1) is 0 Å². The van der Waals surface area contributed by atoms with Crippen LogP contribution in [0.25, 0.3) is 10.8 Å². The van der Waals surface area contributed by atoms with Crippen LogP contribution in [0.2, 0.25) is 0 Å². The molecule has 5 heteroatoms. The Morgan fingerprint density at radius 3 is 2.48 bits per heavy atom. The summed E-state index contributed by atoms with van der Waals surface area (Å²) in [6.07, 6.45) is 1.64. The van der Waals surface area contributed by atoms with Crippen LogP contribution in [0.4, 0.5) is 0 Å². The van der Waals surface area contributed by atoms with Crippen molar-refractivity contribution < 1.29 is 14.3 Å². The maximum atomic E-state index is 13.0. The smallest absolute Gasteiger partial charge is 0.213 e. The zero-order chi connectivity index (χ0) is 16.4. The molecule has 3 rings (SSSR count). The number of fused-ring (bicyclic) bond motifs is 1. The average molecular weight is 372 g/mol. The van der Waals surface area contributed by atoms with E-state index < -0.39 is 0 Å². The van der Waals surface area contributed by atoms with E-state index in [1.807, 2.05) is 30.3 Å². The van der Waals surface area contributed by atoms with Crippen molar-refractivity contribution in [3.05, 3.63) is 64.4 Å². The Labute approximate surface area is 142 Å². The molecule has 0 aliphatic carbocycles. The first kappa shape index (κ1) is 15.5. The Morgan fingerprint density at radius 2 is 1.74 bits per heavy atom. The summed E-state index contributed by atoms with van der Waals surface area (Å²) in [5.41, 5.74) is 0.891. The summed E-state index contributed by atoms with van der Waals surface area (Å²) in [5.74, 6) is 0.885. The fraction of sp³-hybridized carbons (Fsp3) is 0.111. The first-order chi connectivity index (χ1) is 11.2. The van der Waals surface area contributed by atoms with E-state index in [1.165, 1.54) is 7.11 Å². The second kappa shape index (κ2) is 6.38. The van der Waals surface area contributed by atoms with Gasteiger partial charge in [0, 0.05) is 21.6 Å². The molecule has 4 nitrogen and oxygen atoms in total. The minimum atomic E-state index is -0.172. The van der Waals surface area contributed by atoms with Gasteiger partial charge in [-0.3, -0.25) is 9.78 Å². The number of rotatable bonds is 4. The van der Waals surface area contributed by atoms with E-state index >= 15 is 0 Å². The molecule has 0 bridgehead atoms. The number of ketones is 1. The van der Waals surface area contributed by atoms with Crippen molar-refractivity contribution in [2.24, 2.45) is 0 Å². The number of carbonyl (C=O) groups excluding carboxylic acids is 1. The second-order valence-electron chi connectivity index (χ2n) is 4.90. The van der Waals surface area contributed by atoms with Gasteiger partial charge in [0.2, 0.25) is 5.78 Å². The van der Waals surface area contributed by atoms with Gasteiger partial charge in [0.15, 0.2) is 11.5 Å². The van der Waals surface area contributed by atoms with Gasteiger partial charge in [-0.25, -0.2) is 0 Å². The molecule has 0 aliphatic heterocycles. The van der Waals surface area contributed by atoms with Crippen molar-refractivity contribution in [1.82, 2.24) is 4.98 Å². The Bertz CT molecular complexity index is 887. The van der Waals surface area contributed by atoms with Crippen LogP contribution in [0.5, 0.6) is 11.5 Å². The molecular formula is C18H14BrNO3. The van der Waals surface area contributed by atoms with E-state index in [9.17, 15) is 4.79 Å². The van der Waals surface area contributed by atoms with Crippen LogP contribution in [-0.2, 0) is 0 Å². The summed E-state index contributed by atoms with van der Waals surface area (Å²) in [6.45, 7) is 0. The highest BCUT2D eigenvalue weighted by atomic mass is 79.9. The minimum absolute atomic E-state index is 0.172. The zero-order valence-corrected chi connectivity index (χ0v) is 14.3. The number of nitrogens with zero attached hydrogens (tertiary/aromatic N) is 1. The summed E-state index contributed by atoms with van der Waals surface area (Å²) in [6, 6.07) is 12.9. The number of hydrogen-bond donors (Lipinski definition) is 0. The highest BCUT2D eigenvalue weighted by Crippen LogP contribution is 2.34. The molecule has 116 valence electrons. The predicted octanol–water partition coefficient (Wildman–Crippen LogP) is 4.25. The van der Waals surface area contributed by atoms with Gasteiger partial charge in [-0.05, 0) is 39.5 Å². The molecule has 0 saturated carbocycles. The molecule has 1 aromatic heterocycles. The van der Waals surface area contributed by atoms with Gasteiger partial charge in [0.05, 0.1) is 14.2 Å². The lowest BCUT2D eigenvalue weighted by Crippen LogP contribution is -2.07. The standard InChI is InChI=1S/C18H14BrNO3/c1-22-15-9-13(14(19)10-16(15)23-2)18(21)17-12-6-4-3-5-11(12)7-8-20-17/h3-10H,1-2H3. The van der Waals surface area contributed by atoms with Crippen LogP contribution in [0.1, 0.15) is 16.1 Å². The third-order valence-corrected chi connectivity index (χ3v) is 4.26. The van der Waals surface area contributed by atoms with Gasteiger partial charge < -0.3 is 9.47 Å². The van der Waals surface area contributed by atoms with Gasteiger partial charge in [-0.2, -0.15) is 0 Å². The van der Waals surface area contributed by atoms with Crippen LogP contribution in [0, 0.1) is 0 Å². The van der Waals surface area contributed by atoms with E-state index in [4.69, 9.17) is 9.47 Å². The number of aromatic nitrogens is 1. The fourth-order valence-corrected chi connectivity index (χ4v) is 2.96. The molecule has 0 aliphatic rings. The summed E-state index contributed by atoms with van der Waals surface area (Å²) in [5, 5.41) is 1.80. The second-order valence-corrected chi connectivity index (χ2v) is 5.75. The number of pyridine rings is 1. The van der Waals surface area contributed by atoms with Gasteiger partial charge >= 0.3 is 0 Å². The third kappa shape index (κ3) is 2.80. The first-order valence-corrected chi connectivity index (χ1v) is 7.75. The van der Waals surface area contributed by atoms with Crippen molar-refractivity contribution in [1.29, 1.82) is 0 Å². The zero-order valence-electron chi connectivity index (χ0n) is 12.7. The van der Waals surface area contributed by atoms with Crippen molar-refractivity contribution in [3.8, 4) is 11.5 Å². The van der Waals surface area contributed by atoms with Gasteiger partial charge in [0.25, 0.3) is 0 Å². The lowest BCUT2D eigenvalue weighted by molar-refractivity contribution is 0.103. The predicted molar refractivity (Wildman–Crippen MR) is 92.4 cm³/mol. The number of methoxy groups -OCH3 is 2. The summed E-state index contributed by atoms with van der Waals surface area (Å²) >= 11 is 3.43. The molecule has 0 radical (unpaired) electrons. The summed E-state index contributed by atoms with van der Waals surface area (Å²) < 4.78 is 11.2. The Balaban J connectivity index is 2.16. The highest BCUT2D eigenvalue weighted by Gasteiger charge is 2.19. The van der Waals surface area contributed by atoms with E-state index in [1.54, 1.807) is 25.4 Å². The van der Waals surface area contributed by atoms with Crippen LogP contribution >= 0.6 is 15.9 Å². The van der Waals surface area contributed by atoms with Crippen LogP contribution in [-0.4, -0.2) is 25.0 Å². The van der Waals surface area contributed by atoms with Crippen molar-refractivity contribution >= 4 is 32.5 Å². The van der Waals surface area contributed by atoms with E-state index in [0.717, 1.165) is 10.8 Å². The van der Waals surface area contributed by atoms with Gasteiger partial charge in [0.1, 0.15) is 5.69 Å². The Hall–Kier alpha value is -2.40. The van der Waals surface area contributed by atoms with Gasteiger partial charge in [-0.1, -0.05) is 24.3 Å². The molecule has 0 unspecified atom stereocenters. The molecule has 0 N–H and O–H groups in total. The van der Waals surface area contributed by atoms with E-state index in [2.05, 4.69) is 20.9 Å². The monoisotopic (exact) mass is 371 g/mol. The quantitative estimate of drug-likeness (QED) is 0.643. The number of hydrogen-bond acceptors (Lipinski definition) is 4. The largest absolute Gasteiger partial charge is 0.493 e. The number of benzene rings is 2. The lowest BCUT2D eigenvalue weighted by atomic mass is 10.0. The average Bonchev–Trinajstić information content (AvgIpc) is 2.60. The number of carbonyl (C=O) groups is 1. The summed E-state index contributed by atoms with van der Waals surface area (Å²) in [4.78, 5) is 17.2. The topological polar surface area (TPSA) is 48.4 Å². The number of ether oxygens (including phenoxy) is 2. The molecule has 23 heavy (non-hydrogen) atoms. The highest BCUT2D eigenvalue weighted by molar-refractivity contribution is 9.10. The van der Waals surface area contributed by atoms with Crippen LogP contribution < -0.4 is 9.47 Å². The van der Waals surface area contributed by atoms with Crippen molar-refractivity contribution in [3.63, 3.8) is 0 Å². The molecule has 0 spiro atoms. The maximum Gasteiger partial charge on any atom is 0.213 e. The molecule has 0 atom stereocenters. The molecule has 3 aromatic rings. The van der Waals surface area contributed by atoms with E-state index in [-0.39, 0.29) is 5.78 Å². The minimum Gasteiger partial charge on any atom is -0.493 e. The molecule has 0 fully saturated rings. The molecule has 0 saturated heterocycles.